The van der Waals surface area contributed by atoms with Gasteiger partial charge in [-0.3, -0.25) is 9.89 Å². The summed E-state index contributed by atoms with van der Waals surface area (Å²) in [6.45, 7) is 7.73. The molecule has 0 saturated carbocycles. The Morgan fingerprint density at radius 2 is 1.70 bits per heavy atom. The van der Waals surface area contributed by atoms with Crippen molar-refractivity contribution in [1.29, 1.82) is 0 Å². The van der Waals surface area contributed by atoms with Crippen LogP contribution in [0.25, 0.3) is 0 Å². The summed E-state index contributed by atoms with van der Waals surface area (Å²) in [6, 6.07) is 7.27. The minimum Gasteiger partial charge on any atom is -0.379 e. The molecule has 0 aliphatic carbocycles. The van der Waals surface area contributed by atoms with Crippen LogP contribution >= 0.6 is 24.0 Å². The molecule has 6 nitrogen and oxygen atoms in total. The summed E-state index contributed by atoms with van der Waals surface area (Å²) in [5, 5.41) is 6.62. The van der Waals surface area contributed by atoms with Crippen molar-refractivity contribution in [3.05, 3.63) is 35.4 Å². The summed E-state index contributed by atoms with van der Waals surface area (Å²) in [6.07, 6.45) is -4.30. The second-order valence-corrected chi connectivity index (χ2v) is 7.62. The fourth-order valence-electron chi connectivity index (χ4n) is 3.02. The zero-order chi connectivity index (χ0) is 21.3. The molecule has 1 aliphatic rings. The molecule has 10 heteroatoms. The predicted molar refractivity (Wildman–Crippen MR) is 122 cm³/mol. The number of alkyl halides is 3. The van der Waals surface area contributed by atoms with Gasteiger partial charge in [0.05, 0.1) is 19.8 Å². The highest BCUT2D eigenvalue weighted by Crippen LogP contribution is 2.16. The zero-order valence-corrected chi connectivity index (χ0v) is 20.0. The number of guanidine groups is 1. The fourth-order valence-corrected chi connectivity index (χ4v) is 3.02. The summed E-state index contributed by atoms with van der Waals surface area (Å²) in [5.74, 6) is 0.698. The Morgan fingerprint density at radius 1 is 1.10 bits per heavy atom. The summed E-state index contributed by atoms with van der Waals surface area (Å²) in [5.41, 5.74) is 1.67. The first kappa shape index (κ1) is 26.9. The Kier molecular flexibility index (Phi) is 11.4. The Hall–Kier alpha value is -1.11. The van der Waals surface area contributed by atoms with Crippen molar-refractivity contribution in [3.63, 3.8) is 0 Å². The van der Waals surface area contributed by atoms with Gasteiger partial charge in [0.2, 0.25) is 0 Å². The molecule has 0 amide bonds. The summed E-state index contributed by atoms with van der Waals surface area (Å²) < 4.78 is 46.4. The lowest BCUT2D eigenvalue weighted by molar-refractivity contribution is -0.176. The number of hydrogen-bond donors (Lipinski definition) is 2. The number of morpholine rings is 1. The molecular formula is C20H32F3IN4O2. The lowest BCUT2D eigenvalue weighted by atomic mass is 10.0. The largest absolute Gasteiger partial charge is 0.411 e. The first-order valence-corrected chi connectivity index (χ1v) is 9.69. The van der Waals surface area contributed by atoms with E-state index in [0.29, 0.717) is 18.1 Å². The highest BCUT2D eigenvalue weighted by atomic mass is 127. The third-order valence-corrected chi connectivity index (χ3v) is 4.80. The van der Waals surface area contributed by atoms with Gasteiger partial charge in [0.25, 0.3) is 0 Å². The standard InChI is InChI=1S/C20H31F3N4O2.HI/c1-19(2,27-8-10-28-11-9-27)14-26-18(24-3)25-12-16-4-6-17(7-5-16)13-29-15-20(21,22)23;/h4-7H,8-15H2,1-3H3,(H2,24,25,26);1H. The minimum atomic E-state index is -4.30. The van der Waals surface area contributed by atoms with Gasteiger partial charge in [0.15, 0.2) is 5.96 Å². The molecule has 1 fully saturated rings. The molecule has 1 heterocycles. The molecule has 0 unspecified atom stereocenters. The number of benzene rings is 1. The van der Waals surface area contributed by atoms with Crippen LogP contribution in [-0.4, -0.2) is 69.1 Å². The van der Waals surface area contributed by atoms with E-state index in [1.165, 1.54) is 0 Å². The molecule has 30 heavy (non-hydrogen) atoms. The lowest BCUT2D eigenvalue weighted by Crippen LogP contribution is -2.56. The van der Waals surface area contributed by atoms with E-state index >= 15 is 0 Å². The molecular weight excluding hydrogens is 512 g/mol. The Morgan fingerprint density at radius 3 is 2.27 bits per heavy atom. The average Bonchev–Trinajstić information content (AvgIpc) is 2.69. The van der Waals surface area contributed by atoms with E-state index in [9.17, 15) is 13.2 Å². The SMILES string of the molecule is CN=C(NCc1ccc(COCC(F)(F)F)cc1)NCC(C)(C)N1CCOCC1.I. The first-order chi connectivity index (χ1) is 13.7. The maximum absolute atomic E-state index is 12.1. The van der Waals surface area contributed by atoms with Gasteiger partial charge in [-0.1, -0.05) is 24.3 Å². The molecule has 1 aliphatic heterocycles. The van der Waals surface area contributed by atoms with Crippen molar-refractivity contribution < 1.29 is 22.6 Å². The second-order valence-electron chi connectivity index (χ2n) is 7.62. The topological polar surface area (TPSA) is 58.1 Å². The molecule has 1 saturated heterocycles. The van der Waals surface area contributed by atoms with Crippen molar-refractivity contribution in [2.75, 3.05) is 46.5 Å². The maximum Gasteiger partial charge on any atom is 0.411 e. The van der Waals surface area contributed by atoms with Gasteiger partial charge in [0.1, 0.15) is 6.61 Å². The molecule has 1 aromatic rings. The van der Waals surface area contributed by atoms with E-state index in [4.69, 9.17) is 4.74 Å². The fraction of sp³-hybridized carbons (Fsp3) is 0.650. The van der Waals surface area contributed by atoms with E-state index in [1.54, 1.807) is 19.2 Å². The smallest absolute Gasteiger partial charge is 0.379 e. The molecule has 1 aromatic carbocycles. The molecule has 0 bridgehead atoms. The Balaban J connectivity index is 0.00000450. The number of halogens is 4. The minimum absolute atomic E-state index is 0. The highest BCUT2D eigenvalue weighted by Gasteiger charge is 2.28. The number of nitrogens with zero attached hydrogens (tertiary/aromatic N) is 2. The van der Waals surface area contributed by atoms with E-state index in [0.717, 1.165) is 38.4 Å². The molecule has 172 valence electrons. The van der Waals surface area contributed by atoms with Crippen molar-refractivity contribution in [2.24, 2.45) is 4.99 Å². The van der Waals surface area contributed by atoms with Crippen LogP contribution in [0.4, 0.5) is 13.2 Å². The monoisotopic (exact) mass is 544 g/mol. The van der Waals surface area contributed by atoms with Crippen molar-refractivity contribution in [1.82, 2.24) is 15.5 Å². The predicted octanol–water partition coefficient (Wildman–Crippen LogP) is 3.16. The summed E-state index contributed by atoms with van der Waals surface area (Å²) >= 11 is 0. The zero-order valence-electron chi connectivity index (χ0n) is 17.7. The normalized spacial score (nSPS) is 16.1. The highest BCUT2D eigenvalue weighted by molar-refractivity contribution is 14.0. The lowest BCUT2D eigenvalue weighted by Gasteiger charge is -2.41. The Labute approximate surface area is 193 Å². The average molecular weight is 544 g/mol. The molecule has 0 atom stereocenters. The second kappa shape index (κ2) is 12.7. The van der Waals surface area contributed by atoms with Gasteiger partial charge in [-0.15, -0.1) is 24.0 Å². The van der Waals surface area contributed by atoms with Gasteiger partial charge in [0, 0.05) is 38.8 Å². The van der Waals surface area contributed by atoms with Crippen LogP contribution in [0.1, 0.15) is 25.0 Å². The van der Waals surface area contributed by atoms with Crippen LogP contribution in [0.2, 0.25) is 0 Å². The van der Waals surface area contributed by atoms with Crippen molar-refractivity contribution in [2.45, 2.75) is 38.7 Å². The molecule has 2 rings (SSSR count). The van der Waals surface area contributed by atoms with Gasteiger partial charge < -0.3 is 20.1 Å². The quantitative estimate of drug-likeness (QED) is 0.299. The van der Waals surface area contributed by atoms with E-state index in [2.05, 4.69) is 39.1 Å². The van der Waals surface area contributed by atoms with Crippen molar-refractivity contribution in [3.8, 4) is 0 Å². The summed E-state index contributed by atoms with van der Waals surface area (Å²) in [7, 11) is 1.72. The number of ether oxygens (including phenoxy) is 2. The number of hydrogen-bond acceptors (Lipinski definition) is 4. The van der Waals surface area contributed by atoms with Gasteiger partial charge in [-0.05, 0) is 25.0 Å². The maximum atomic E-state index is 12.1. The number of nitrogens with one attached hydrogen (secondary N) is 2. The van der Waals surface area contributed by atoms with Gasteiger partial charge >= 0.3 is 6.18 Å². The number of aliphatic imine (C=N–C) groups is 1. The van der Waals surface area contributed by atoms with E-state index < -0.39 is 12.8 Å². The van der Waals surface area contributed by atoms with Crippen LogP contribution in [0.5, 0.6) is 0 Å². The molecule has 0 spiro atoms. The third-order valence-electron chi connectivity index (χ3n) is 4.80. The molecule has 0 radical (unpaired) electrons. The van der Waals surface area contributed by atoms with Gasteiger partial charge in [-0.25, -0.2) is 0 Å². The van der Waals surface area contributed by atoms with Crippen molar-refractivity contribution >= 4 is 29.9 Å². The first-order valence-electron chi connectivity index (χ1n) is 9.69. The van der Waals surface area contributed by atoms with Crippen LogP contribution in [0, 0.1) is 0 Å². The Bertz CT molecular complexity index is 648. The number of rotatable bonds is 8. The van der Waals surface area contributed by atoms with E-state index in [-0.39, 0.29) is 36.1 Å². The van der Waals surface area contributed by atoms with Crippen LogP contribution in [0.15, 0.2) is 29.3 Å². The van der Waals surface area contributed by atoms with Crippen LogP contribution in [-0.2, 0) is 22.6 Å². The molecule has 2 N–H and O–H groups in total. The molecule has 0 aromatic heterocycles. The third kappa shape index (κ3) is 9.80. The van der Waals surface area contributed by atoms with Crippen LogP contribution in [0.3, 0.4) is 0 Å². The van der Waals surface area contributed by atoms with Crippen LogP contribution < -0.4 is 10.6 Å². The summed E-state index contributed by atoms with van der Waals surface area (Å²) in [4.78, 5) is 6.66. The van der Waals surface area contributed by atoms with E-state index in [1.807, 2.05) is 12.1 Å². The van der Waals surface area contributed by atoms with Gasteiger partial charge in [-0.2, -0.15) is 13.2 Å².